The van der Waals surface area contributed by atoms with E-state index < -0.39 is 17.7 Å². The molecule has 0 saturated heterocycles. The van der Waals surface area contributed by atoms with E-state index in [9.17, 15) is 14.0 Å². The molecule has 1 amide bonds. The molecule has 0 aliphatic rings. The number of anilines is 1. The van der Waals surface area contributed by atoms with Crippen molar-refractivity contribution in [3.8, 4) is 0 Å². The molecule has 19 heavy (non-hydrogen) atoms. The summed E-state index contributed by atoms with van der Waals surface area (Å²) < 4.78 is 18.3. The van der Waals surface area contributed by atoms with Gasteiger partial charge in [-0.25, -0.2) is 4.39 Å². The first kappa shape index (κ1) is 14.9. The van der Waals surface area contributed by atoms with Gasteiger partial charge in [-0.05, 0) is 25.1 Å². The van der Waals surface area contributed by atoms with Gasteiger partial charge in [0, 0.05) is 19.3 Å². The quantitative estimate of drug-likeness (QED) is 0.647. The minimum atomic E-state index is -0.637. The highest BCUT2D eigenvalue weighted by atomic mass is 19.1. The molecular weight excluding hydrogens is 251 g/mol. The SMILES string of the molecule is CCOC(=O)CCN(C)C(=O)c1cc(N)ccc1F. The summed E-state index contributed by atoms with van der Waals surface area (Å²) in [5.74, 6) is -1.55. The Hall–Kier alpha value is -2.11. The van der Waals surface area contributed by atoms with Gasteiger partial charge in [0.2, 0.25) is 0 Å². The Morgan fingerprint density at radius 1 is 1.42 bits per heavy atom. The molecule has 0 aliphatic heterocycles. The van der Waals surface area contributed by atoms with Gasteiger partial charge in [0.1, 0.15) is 5.82 Å². The fourth-order valence-electron chi connectivity index (χ4n) is 1.51. The van der Waals surface area contributed by atoms with Crippen molar-refractivity contribution in [3.05, 3.63) is 29.6 Å². The van der Waals surface area contributed by atoms with E-state index in [2.05, 4.69) is 0 Å². The van der Waals surface area contributed by atoms with Gasteiger partial charge in [-0.2, -0.15) is 0 Å². The maximum absolute atomic E-state index is 13.5. The van der Waals surface area contributed by atoms with Crippen LogP contribution >= 0.6 is 0 Å². The smallest absolute Gasteiger partial charge is 0.307 e. The summed E-state index contributed by atoms with van der Waals surface area (Å²) in [6, 6.07) is 3.80. The van der Waals surface area contributed by atoms with Gasteiger partial charge < -0.3 is 15.4 Å². The van der Waals surface area contributed by atoms with E-state index >= 15 is 0 Å². The maximum atomic E-state index is 13.5. The van der Waals surface area contributed by atoms with E-state index in [1.165, 1.54) is 24.1 Å². The first-order chi connectivity index (χ1) is 8.95. The Morgan fingerprint density at radius 2 is 2.11 bits per heavy atom. The number of carbonyl (C=O) groups excluding carboxylic acids is 2. The van der Waals surface area contributed by atoms with E-state index in [0.29, 0.717) is 12.3 Å². The lowest BCUT2D eigenvalue weighted by atomic mass is 10.1. The number of nitrogen functional groups attached to an aromatic ring is 1. The third-order valence-electron chi connectivity index (χ3n) is 2.52. The van der Waals surface area contributed by atoms with Crippen LogP contribution < -0.4 is 5.73 Å². The average molecular weight is 268 g/mol. The fourth-order valence-corrected chi connectivity index (χ4v) is 1.51. The van der Waals surface area contributed by atoms with Crippen molar-refractivity contribution < 1.29 is 18.7 Å². The van der Waals surface area contributed by atoms with E-state index in [4.69, 9.17) is 10.5 Å². The van der Waals surface area contributed by atoms with E-state index in [0.717, 1.165) is 6.07 Å². The Balaban J connectivity index is 2.66. The minimum Gasteiger partial charge on any atom is -0.466 e. The number of nitrogens with zero attached hydrogens (tertiary/aromatic N) is 1. The molecule has 0 aliphatic carbocycles. The van der Waals surface area contributed by atoms with Crippen molar-refractivity contribution in [1.29, 1.82) is 0 Å². The van der Waals surface area contributed by atoms with Crippen LogP contribution in [0.2, 0.25) is 0 Å². The van der Waals surface area contributed by atoms with Crippen LogP contribution in [0.5, 0.6) is 0 Å². The molecule has 0 saturated carbocycles. The van der Waals surface area contributed by atoms with Gasteiger partial charge in [0.05, 0.1) is 18.6 Å². The summed E-state index contributed by atoms with van der Waals surface area (Å²) in [6.07, 6.45) is 0.0695. The fraction of sp³-hybridized carbons (Fsp3) is 0.385. The molecule has 1 aromatic rings. The third-order valence-corrected chi connectivity index (χ3v) is 2.52. The lowest BCUT2D eigenvalue weighted by molar-refractivity contribution is -0.143. The normalized spacial score (nSPS) is 10.1. The zero-order valence-electron chi connectivity index (χ0n) is 11.0. The van der Waals surface area contributed by atoms with Gasteiger partial charge in [-0.15, -0.1) is 0 Å². The van der Waals surface area contributed by atoms with Crippen LogP contribution in [0.3, 0.4) is 0 Å². The Labute approximate surface area is 111 Å². The lowest BCUT2D eigenvalue weighted by Crippen LogP contribution is -2.30. The summed E-state index contributed by atoms with van der Waals surface area (Å²) in [4.78, 5) is 24.4. The van der Waals surface area contributed by atoms with Gasteiger partial charge >= 0.3 is 5.97 Å². The number of esters is 1. The van der Waals surface area contributed by atoms with Crippen molar-refractivity contribution in [1.82, 2.24) is 4.90 Å². The highest BCUT2D eigenvalue weighted by molar-refractivity contribution is 5.95. The van der Waals surface area contributed by atoms with Crippen LogP contribution in [0.25, 0.3) is 0 Å². The van der Waals surface area contributed by atoms with E-state index in [1.54, 1.807) is 6.92 Å². The first-order valence-corrected chi connectivity index (χ1v) is 5.91. The summed E-state index contributed by atoms with van der Waals surface area (Å²) >= 11 is 0. The van der Waals surface area contributed by atoms with Gasteiger partial charge in [-0.3, -0.25) is 9.59 Å². The molecule has 0 unspecified atom stereocenters. The summed E-state index contributed by atoms with van der Waals surface area (Å²) in [6.45, 7) is 2.15. The molecule has 0 spiro atoms. The van der Waals surface area contributed by atoms with Crippen LogP contribution in [-0.4, -0.2) is 37.0 Å². The van der Waals surface area contributed by atoms with E-state index in [1.807, 2.05) is 0 Å². The molecule has 0 bridgehead atoms. The van der Waals surface area contributed by atoms with Crippen molar-refractivity contribution in [2.24, 2.45) is 0 Å². The van der Waals surface area contributed by atoms with Crippen LogP contribution in [-0.2, 0) is 9.53 Å². The molecule has 2 N–H and O–H groups in total. The second-order valence-corrected chi connectivity index (χ2v) is 4.02. The van der Waals surface area contributed by atoms with E-state index in [-0.39, 0.29) is 18.5 Å². The lowest BCUT2D eigenvalue weighted by Gasteiger charge is -2.17. The van der Waals surface area contributed by atoms with Crippen molar-refractivity contribution in [2.75, 3.05) is 25.9 Å². The summed E-state index contributed by atoms with van der Waals surface area (Å²) in [5.41, 5.74) is 5.72. The molecular formula is C13H17FN2O3. The Kier molecular flexibility index (Phi) is 5.29. The number of hydrogen-bond donors (Lipinski definition) is 1. The predicted octanol–water partition coefficient (Wildman–Crippen LogP) is 1.43. The van der Waals surface area contributed by atoms with Crippen LogP contribution in [0, 0.1) is 5.82 Å². The number of halogens is 1. The highest BCUT2D eigenvalue weighted by Gasteiger charge is 2.17. The van der Waals surface area contributed by atoms with Gasteiger partial charge in [0.25, 0.3) is 5.91 Å². The number of ether oxygens (including phenoxy) is 1. The topological polar surface area (TPSA) is 72.6 Å². The molecule has 0 heterocycles. The first-order valence-electron chi connectivity index (χ1n) is 5.91. The minimum absolute atomic E-state index is 0.0695. The number of hydrogen-bond acceptors (Lipinski definition) is 4. The summed E-state index contributed by atoms with van der Waals surface area (Å²) in [5, 5.41) is 0. The molecule has 104 valence electrons. The molecule has 0 atom stereocenters. The Bertz CT molecular complexity index is 477. The maximum Gasteiger partial charge on any atom is 0.307 e. The summed E-state index contributed by atoms with van der Waals surface area (Å²) in [7, 11) is 1.49. The number of nitrogens with two attached hydrogens (primary N) is 1. The molecule has 0 aromatic heterocycles. The highest BCUT2D eigenvalue weighted by Crippen LogP contribution is 2.14. The molecule has 6 heteroatoms. The van der Waals surface area contributed by atoms with Gasteiger partial charge in [-0.1, -0.05) is 0 Å². The molecule has 0 radical (unpaired) electrons. The largest absolute Gasteiger partial charge is 0.466 e. The average Bonchev–Trinajstić information content (AvgIpc) is 2.38. The van der Waals surface area contributed by atoms with Crippen LogP contribution in [0.1, 0.15) is 23.7 Å². The Morgan fingerprint density at radius 3 is 2.74 bits per heavy atom. The number of benzene rings is 1. The van der Waals surface area contributed by atoms with Crippen molar-refractivity contribution in [2.45, 2.75) is 13.3 Å². The van der Waals surface area contributed by atoms with Gasteiger partial charge in [0.15, 0.2) is 0 Å². The molecule has 1 rings (SSSR count). The van der Waals surface area contributed by atoms with Crippen LogP contribution in [0.4, 0.5) is 10.1 Å². The molecule has 1 aromatic carbocycles. The standard InChI is InChI=1S/C13H17FN2O3/c1-3-19-12(17)6-7-16(2)13(18)10-8-9(15)4-5-11(10)14/h4-5,8H,3,6-7,15H2,1-2H3. The third kappa shape index (κ3) is 4.24. The zero-order valence-corrected chi connectivity index (χ0v) is 11.0. The molecule has 0 fully saturated rings. The van der Waals surface area contributed by atoms with Crippen molar-refractivity contribution >= 4 is 17.6 Å². The van der Waals surface area contributed by atoms with Crippen LogP contribution in [0.15, 0.2) is 18.2 Å². The number of carbonyl (C=O) groups is 2. The monoisotopic (exact) mass is 268 g/mol. The zero-order chi connectivity index (χ0) is 14.4. The predicted molar refractivity (Wildman–Crippen MR) is 69.0 cm³/mol. The molecule has 5 nitrogen and oxygen atoms in total. The number of rotatable bonds is 5. The second kappa shape index (κ2) is 6.72. The number of amides is 1. The van der Waals surface area contributed by atoms with Crippen molar-refractivity contribution in [3.63, 3.8) is 0 Å². The second-order valence-electron chi connectivity index (χ2n) is 4.02.